The Morgan fingerprint density at radius 3 is 2.39 bits per heavy atom. The van der Waals surface area contributed by atoms with Crippen LogP contribution in [0.1, 0.15) is 120 Å². The summed E-state index contributed by atoms with van der Waals surface area (Å²) < 4.78 is 0. The van der Waals surface area contributed by atoms with Gasteiger partial charge in [-0.1, -0.05) is 62.8 Å². The molecule has 0 aliphatic heterocycles. The zero-order chi connectivity index (χ0) is 29.3. The zero-order valence-corrected chi connectivity index (χ0v) is 27.6. The normalized spacial score (nSPS) is 19.1. The Labute approximate surface area is 242 Å². The molecule has 3 atom stereocenters. The molecular formula is C34H64N3S+. The Morgan fingerprint density at radius 1 is 1.24 bits per heavy atom. The molecule has 0 aromatic carbocycles. The van der Waals surface area contributed by atoms with Gasteiger partial charge in [0.05, 0.1) is 6.04 Å². The predicted molar refractivity (Wildman–Crippen MR) is 175 cm³/mol. The Kier molecular flexibility index (Phi) is 19.1. The summed E-state index contributed by atoms with van der Waals surface area (Å²) in [6.45, 7) is 28.4. The van der Waals surface area contributed by atoms with E-state index in [9.17, 15) is 0 Å². The van der Waals surface area contributed by atoms with Crippen molar-refractivity contribution in [1.82, 2.24) is 5.32 Å². The first-order valence-electron chi connectivity index (χ1n) is 15.3. The van der Waals surface area contributed by atoms with Crippen molar-refractivity contribution in [2.75, 3.05) is 12.3 Å². The Bertz CT molecular complexity index is 795. The lowest BCUT2D eigenvalue weighted by molar-refractivity contribution is -0.425. The molecule has 38 heavy (non-hydrogen) atoms. The van der Waals surface area contributed by atoms with E-state index >= 15 is 0 Å². The van der Waals surface area contributed by atoms with Crippen molar-refractivity contribution in [1.29, 1.82) is 0 Å². The first-order chi connectivity index (χ1) is 17.9. The van der Waals surface area contributed by atoms with Gasteiger partial charge in [0.2, 0.25) is 0 Å². The number of thioether (sulfide) groups is 1. The molecule has 2 aliphatic rings. The molecular weight excluding hydrogens is 482 g/mol. The van der Waals surface area contributed by atoms with Gasteiger partial charge in [0, 0.05) is 22.7 Å². The van der Waals surface area contributed by atoms with Crippen LogP contribution in [0.5, 0.6) is 0 Å². The number of allylic oxidation sites excluding steroid dienone is 5. The van der Waals surface area contributed by atoms with Crippen LogP contribution in [0, 0.1) is 11.8 Å². The smallest absolute Gasteiger partial charge is 0.0881 e. The molecule has 0 spiro atoms. The summed E-state index contributed by atoms with van der Waals surface area (Å²) in [6.07, 6.45) is 15.9. The van der Waals surface area contributed by atoms with E-state index in [0.717, 1.165) is 31.0 Å². The fraction of sp³-hybridized carbons (Fsp3) is 0.706. The largest absolute Gasteiger partial charge is 0.380 e. The Hall–Kier alpha value is -1.23. The second kappa shape index (κ2) is 19.8. The monoisotopic (exact) mass is 546 g/mol. The number of hydrogen-bond donors (Lipinski definition) is 3. The number of hydrogen-bond acceptors (Lipinski definition) is 3. The summed E-state index contributed by atoms with van der Waals surface area (Å²) in [5.74, 6) is 2.56. The van der Waals surface area contributed by atoms with E-state index in [4.69, 9.17) is 5.73 Å². The van der Waals surface area contributed by atoms with Gasteiger partial charge in [0.15, 0.2) is 0 Å². The lowest BCUT2D eigenvalue weighted by Gasteiger charge is -2.28. The van der Waals surface area contributed by atoms with Crippen molar-refractivity contribution in [3.8, 4) is 0 Å². The van der Waals surface area contributed by atoms with E-state index < -0.39 is 0 Å². The average Bonchev–Trinajstić information content (AvgIpc) is 2.86. The molecule has 0 radical (unpaired) electrons. The highest BCUT2D eigenvalue weighted by molar-refractivity contribution is 8.03. The molecule has 4 heteroatoms. The molecule has 0 aromatic heterocycles. The maximum atomic E-state index is 5.40. The second-order valence-corrected chi connectivity index (χ2v) is 13.1. The number of quaternary nitrogens is 1. The van der Waals surface area contributed by atoms with Crippen molar-refractivity contribution in [3.63, 3.8) is 0 Å². The molecule has 3 unspecified atom stereocenters. The van der Waals surface area contributed by atoms with Crippen molar-refractivity contribution in [3.05, 3.63) is 58.2 Å². The maximum absolute atomic E-state index is 5.40. The van der Waals surface area contributed by atoms with Gasteiger partial charge >= 0.3 is 0 Å². The maximum Gasteiger partial charge on any atom is 0.0881 e. The highest BCUT2D eigenvalue weighted by Gasteiger charge is 2.23. The molecule has 2 rings (SSSR count). The number of nitrogens with two attached hydrogens (primary N) is 1. The van der Waals surface area contributed by atoms with Crippen LogP contribution in [0.3, 0.4) is 0 Å². The SMILES string of the molecule is C=C(C)C(CC)CCN.C=C(NC(C)(C)C)C1=C(SCCCC2=CCCCC2C(C)[NH3+])CCC(C)=C1.CC. The zero-order valence-electron chi connectivity index (χ0n) is 26.8. The van der Waals surface area contributed by atoms with E-state index in [1.807, 2.05) is 13.8 Å². The molecule has 0 bridgehead atoms. The van der Waals surface area contributed by atoms with Crippen molar-refractivity contribution < 1.29 is 5.73 Å². The second-order valence-electron chi connectivity index (χ2n) is 12.0. The summed E-state index contributed by atoms with van der Waals surface area (Å²) in [7, 11) is 0. The minimum absolute atomic E-state index is 0.0480. The highest BCUT2D eigenvalue weighted by atomic mass is 32.2. The lowest BCUT2D eigenvalue weighted by Crippen LogP contribution is -2.63. The topological polar surface area (TPSA) is 65.7 Å². The van der Waals surface area contributed by atoms with E-state index in [-0.39, 0.29) is 5.54 Å². The molecule has 0 heterocycles. The molecule has 0 aromatic rings. The summed E-state index contributed by atoms with van der Waals surface area (Å²) in [5, 5.41) is 3.57. The van der Waals surface area contributed by atoms with Gasteiger partial charge in [-0.2, -0.15) is 0 Å². The van der Waals surface area contributed by atoms with Gasteiger partial charge in [-0.05, 0) is 122 Å². The molecule has 220 valence electrons. The highest BCUT2D eigenvalue weighted by Crippen LogP contribution is 2.36. The van der Waals surface area contributed by atoms with Gasteiger partial charge in [-0.3, -0.25) is 0 Å². The Balaban J connectivity index is 0.00000105. The van der Waals surface area contributed by atoms with E-state index in [1.165, 1.54) is 72.3 Å². The third kappa shape index (κ3) is 14.8. The first-order valence-corrected chi connectivity index (χ1v) is 16.3. The van der Waals surface area contributed by atoms with Gasteiger partial charge in [-0.25, -0.2) is 0 Å². The van der Waals surface area contributed by atoms with Crippen LogP contribution in [0.2, 0.25) is 0 Å². The van der Waals surface area contributed by atoms with Crippen LogP contribution >= 0.6 is 11.8 Å². The first kappa shape index (κ1) is 36.8. The van der Waals surface area contributed by atoms with Crippen LogP contribution in [-0.4, -0.2) is 23.9 Å². The van der Waals surface area contributed by atoms with E-state index in [2.05, 4.69) is 96.6 Å². The average molecular weight is 547 g/mol. The summed E-state index contributed by atoms with van der Waals surface area (Å²) >= 11 is 2.05. The van der Waals surface area contributed by atoms with Crippen LogP contribution in [0.4, 0.5) is 0 Å². The standard InChI is InChI=1S/C24H40N2S.C8H17N.C2H6/c1-17-13-14-23(22(16-17)19(3)26-24(4,5)6)27-15-9-11-20-10-7-8-12-21(20)18(2)25;1-4-8(5-6-9)7(2)3;1-2/h10,16,18,21,26H,3,7-9,11-15,25H2,1-2,4-6H3;8H,2,4-6,9H2,1,3H3;1-2H3/p+1. The molecule has 0 saturated heterocycles. The van der Waals surface area contributed by atoms with Crippen molar-refractivity contribution in [2.24, 2.45) is 17.6 Å². The van der Waals surface area contributed by atoms with Crippen molar-refractivity contribution in [2.45, 2.75) is 132 Å². The van der Waals surface area contributed by atoms with E-state index in [1.54, 1.807) is 5.57 Å². The van der Waals surface area contributed by atoms with Gasteiger partial charge < -0.3 is 16.8 Å². The summed E-state index contributed by atoms with van der Waals surface area (Å²) in [4.78, 5) is 1.52. The third-order valence-electron chi connectivity index (χ3n) is 7.17. The molecule has 6 N–H and O–H groups in total. The molecule has 2 aliphatic carbocycles. The predicted octanol–water partition coefficient (Wildman–Crippen LogP) is 8.72. The van der Waals surface area contributed by atoms with Crippen molar-refractivity contribution >= 4 is 11.8 Å². The fourth-order valence-electron chi connectivity index (χ4n) is 5.14. The van der Waals surface area contributed by atoms with Crippen LogP contribution in [-0.2, 0) is 0 Å². The summed E-state index contributed by atoms with van der Waals surface area (Å²) in [6, 6.07) is 0.539. The molecule has 3 nitrogen and oxygen atoms in total. The number of nitrogens with one attached hydrogen (secondary N) is 1. The van der Waals surface area contributed by atoms with Crippen LogP contribution in [0.15, 0.2) is 58.2 Å². The minimum atomic E-state index is 0.0480. The van der Waals surface area contributed by atoms with Gasteiger partial charge in [-0.15, -0.1) is 11.8 Å². The summed E-state index contributed by atoms with van der Waals surface area (Å²) in [5.41, 5.74) is 16.6. The van der Waals surface area contributed by atoms with Crippen LogP contribution in [0.25, 0.3) is 0 Å². The van der Waals surface area contributed by atoms with Gasteiger partial charge in [0.25, 0.3) is 0 Å². The van der Waals surface area contributed by atoms with Gasteiger partial charge in [0.1, 0.15) is 0 Å². The fourth-order valence-corrected chi connectivity index (χ4v) is 6.26. The molecule has 0 fully saturated rings. The minimum Gasteiger partial charge on any atom is -0.380 e. The van der Waals surface area contributed by atoms with Crippen LogP contribution < -0.4 is 16.8 Å². The molecule has 0 saturated carbocycles. The Morgan fingerprint density at radius 2 is 1.89 bits per heavy atom. The lowest BCUT2D eigenvalue weighted by atomic mass is 9.81. The molecule has 0 amide bonds. The quantitative estimate of drug-likeness (QED) is 0.169. The number of rotatable bonds is 12. The van der Waals surface area contributed by atoms with E-state index in [0.29, 0.717) is 12.0 Å². The third-order valence-corrected chi connectivity index (χ3v) is 8.43.